The van der Waals surface area contributed by atoms with E-state index in [4.69, 9.17) is 4.98 Å². The highest BCUT2D eigenvalue weighted by molar-refractivity contribution is 6.10. The number of carbonyl (C=O) groups excluding carboxylic acids is 1. The smallest absolute Gasteiger partial charge is 0.367 e. The summed E-state index contributed by atoms with van der Waals surface area (Å²) in [6.07, 6.45) is 0.320. The summed E-state index contributed by atoms with van der Waals surface area (Å²) in [5, 5.41) is 21.3. The lowest BCUT2D eigenvalue weighted by molar-refractivity contribution is -0.138. The number of amides is 1. The number of nitriles is 1. The molecule has 1 spiro atoms. The number of aryl methyl sites for hydroxylation is 1. The molecule has 2 fully saturated rings. The summed E-state index contributed by atoms with van der Waals surface area (Å²) in [7, 11) is 1.81. The van der Waals surface area contributed by atoms with E-state index in [0.29, 0.717) is 39.3 Å². The molecule has 3 heterocycles. The Bertz CT molecular complexity index is 1750. The van der Waals surface area contributed by atoms with Crippen molar-refractivity contribution >= 4 is 17.5 Å². The third-order valence-corrected chi connectivity index (χ3v) is 8.18. The van der Waals surface area contributed by atoms with Gasteiger partial charge in [-0.2, -0.15) is 18.4 Å². The number of benzene rings is 2. The van der Waals surface area contributed by atoms with Crippen LogP contribution in [0.1, 0.15) is 46.3 Å². The van der Waals surface area contributed by atoms with E-state index in [9.17, 15) is 23.2 Å². The Balaban J connectivity index is 1.36. The number of fused-ring (bicyclic) bond motifs is 1. The molecule has 8 nitrogen and oxygen atoms in total. The van der Waals surface area contributed by atoms with E-state index in [2.05, 4.69) is 21.6 Å². The summed E-state index contributed by atoms with van der Waals surface area (Å²) in [5.74, 6) is 0.783. The summed E-state index contributed by atoms with van der Waals surface area (Å²) >= 11 is 0. The number of aromatic nitrogens is 4. The van der Waals surface area contributed by atoms with Gasteiger partial charge in [0.1, 0.15) is 18.0 Å². The van der Waals surface area contributed by atoms with Crippen LogP contribution >= 0.6 is 0 Å². The third-order valence-electron chi connectivity index (χ3n) is 8.18. The number of halogens is 3. The van der Waals surface area contributed by atoms with Crippen molar-refractivity contribution in [3.05, 3.63) is 77.1 Å². The second kappa shape index (κ2) is 8.39. The first-order chi connectivity index (χ1) is 19.2. The highest BCUT2D eigenvalue weighted by atomic mass is 19.4. The van der Waals surface area contributed by atoms with E-state index in [-0.39, 0.29) is 29.5 Å². The van der Waals surface area contributed by atoms with Gasteiger partial charge in [0.05, 0.1) is 23.7 Å². The van der Waals surface area contributed by atoms with Crippen LogP contribution in [0.25, 0.3) is 22.5 Å². The first kappa shape index (κ1) is 24.3. The molecular weight excluding hydrogens is 519 g/mol. The van der Waals surface area contributed by atoms with Crippen molar-refractivity contribution in [3.8, 4) is 28.6 Å². The molecule has 2 aliphatic carbocycles. The second-order valence-corrected chi connectivity index (χ2v) is 10.7. The normalized spacial score (nSPS) is 18.5. The number of alkyl halides is 3. The second-order valence-electron chi connectivity index (χ2n) is 10.7. The van der Waals surface area contributed by atoms with Gasteiger partial charge in [0.15, 0.2) is 5.82 Å². The Hall–Kier alpha value is -4.72. The Labute approximate surface area is 227 Å². The van der Waals surface area contributed by atoms with Crippen LogP contribution in [-0.2, 0) is 19.8 Å². The monoisotopic (exact) mass is 541 g/mol. The SMILES string of the molecule is Cn1cnnc1-c1ccc(C#N)cc1-c1cc(NC2CC23CC3)nc(N2Cc3c(cccc3C(F)(F)F)C2=O)c1. The number of pyridine rings is 1. The molecule has 7 rings (SSSR count). The summed E-state index contributed by atoms with van der Waals surface area (Å²) in [4.78, 5) is 19.4. The van der Waals surface area contributed by atoms with Crippen LogP contribution in [0, 0.1) is 16.7 Å². The van der Waals surface area contributed by atoms with Gasteiger partial charge in [-0.15, -0.1) is 10.2 Å². The fourth-order valence-corrected chi connectivity index (χ4v) is 5.69. The van der Waals surface area contributed by atoms with E-state index in [1.165, 1.54) is 17.0 Å². The number of rotatable bonds is 5. The fourth-order valence-electron chi connectivity index (χ4n) is 5.69. The summed E-state index contributed by atoms with van der Waals surface area (Å²) in [5.41, 5.74) is 1.88. The molecule has 1 atom stereocenters. The van der Waals surface area contributed by atoms with E-state index < -0.39 is 17.6 Å². The van der Waals surface area contributed by atoms with Crippen LogP contribution < -0.4 is 10.2 Å². The van der Waals surface area contributed by atoms with Crippen molar-refractivity contribution in [3.63, 3.8) is 0 Å². The van der Waals surface area contributed by atoms with Crippen molar-refractivity contribution in [2.75, 3.05) is 10.2 Å². The summed E-state index contributed by atoms with van der Waals surface area (Å²) in [6, 6.07) is 14.8. The molecule has 11 heteroatoms. The van der Waals surface area contributed by atoms with Gasteiger partial charge in [-0.25, -0.2) is 4.98 Å². The van der Waals surface area contributed by atoms with Gasteiger partial charge in [0.2, 0.25) is 0 Å². The van der Waals surface area contributed by atoms with Gasteiger partial charge < -0.3 is 9.88 Å². The zero-order chi connectivity index (χ0) is 27.8. The van der Waals surface area contributed by atoms with Gasteiger partial charge in [-0.1, -0.05) is 6.07 Å². The third kappa shape index (κ3) is 3.90. The van der Waals surface area contributed by atoms with E-state index in [1.807, 2.05) is 13.1 Å². The number of hydrogen-bond acceptors (Lipinski definition) is 6. The van der Waals surface area contributed by atoms with Crippen LogP contribution in [0.4, 0.5) is 24.8 Å². The van der Waals surface area contributed by atoms with Gasteiger partial charge in [-0.3, -0.25) is 9.69 Å². The van der Waals surface area contributed by atoms with Gasteiger partial charge in [0, 0.05) is 24.2 Å². The van der Waals surface area contributed by atoms with E-state index in [0.717, 1.165) is 25.3 Å². The topological polar surface area (TPSA) is 99.7 Å². The first-order valence-electron chi connectivity index (χ1n) is 12.9. The molecule has 200 valence electrons. The summed E-state index contributed by atoms with van der Waals surface area (Å²) in [6.45, 7) is -0.249. The molecule has 4 aromatic rings. The molecule has 2 aromatic heterocycles. The van der Waals surface area contributed by atoms with Crippen LogP contribution in [-0.4, -0.2) is 31.7 Å². The Morgan fingerprint density at radius 3 is 2.60 bits per heavy atom. The molecule has 0 bridgehead atoms. The van der Waals surface area contributed by atoms with Crippen LogP contribution in [0.2, 0.25) is 0 Å². The lowest BCUT2D eigenvalue weighted by Crippen LogP contribution is -2.24. The maximum atomic E-state index is 13.8. The number of anilines is 2. The molecule has 0 radical (unpaired) electrons. The highest BCUT2D eigenvalue weighted by Gasteiger charge is 2.63. The average Bonchev–Trinajstić information content (AvgIpc) is 3.76. The van der Waals surface area contributed by atoms with E-state index >= 15 is 0 Å². The maximum absolute atomic E-state index is 13.8. The van der Waals surface area contributed by atoms with Crippen molar-refractivity contribution in [1.29, 1.82) is 5.26 Å². The molecule has 3 aliphatic rings. The molecule has 1 unspecified atom stereocenters. The predicted octanol–water partition coefficient (Wildman–Crippen LogP) is 5.56. The molecule has 2 aromatic carbocycles. The predicted molar refractivity (Wildman–Crippen MR) is 140 cm³/mol. The molecule has 1 aliphatic heterocycles. The molecule has 0 saturated heterocycles. The standard InChI is InChI=1S/C29H22F3N7O/c1-38-15-34-37-26(38)18-6-5-16(13-33)9-20(18)17-10-24(35-23-12-28(23)7-8-28)36-25(11-17)39-14-21-19(27(39)40)3-2-4-22(21)29(30,31)32/h2-6,9-11,15,23H,7-8,12,14H2,1H3,(H,35,36). The molecule has 1 amide bonds. The minimum absolute atomic E-state index is 0.0157. The van der Waals surface area contributed by atoms with Gasteiger partial charge >= 0.3 is 6.18 Å². The molecule has 2 saturated carbocycles. The van der Waals surface area contributed by atoms with Crippen LogP contribution in [0.3, 0.4) is 0 Å². The molecular formula is C29H22F3N7O. The lowest BCUT2D eigenvalue weighted by Gasteiger charge is -2.19. The van der Waals surface area contributed by atoms with Crippen molar-refractivity contribution in [1.82, 2.24) is 19.7 Å². The molecule has 1 N–H and O–H groups in total. The Morgan fingerprint density at radius 1 is 1.10 bits per heavy atom. The largest absolute Gasteiger partial charge is 0.416 e. The van der Waals surface area contributed by atoms with Crippen molar-refractivity contribution in [2.24, 2.45) is 12.5 Å². The average molecular weight is 542 g/mol. The number of hydrogen-bond donors (Lipinski definition) is 1. The molecule has 40 heavy (non-hydrogen) atoms. The number of nitrogens with one attached hydrogen (secondary N) is 1. The van der Waals surface area contributed by atoms with Crippen molar-refractivity contribution in [2.45, 2.75) is 38.0 Å². The zero-order valence-electron chi connectivity index (χ0n) is 21.3. The minimum Gasteiger partial charge on any atom is -0.367 e. The van der Waals surface area contributed by atoms with Crippen LogP contribution in [0.5, 0.6) is 0 Å². The van der Waals surface area contributed by atoms with Crippen LogP contribution in [0.15, 0.2) is 54.9 Å². The maximum Gasteiger partial charge on any atom is 0.416 e. The van der Waals surface area contributed by atoms with Gasteiger partial charge in [0.25, 0.3) is 5.91 Å². The lowest BCUT2D eigenvalue weighted by atomic mass is 9.97. The van der Waals surface area contributed by atoms with Gasteiger partial charge in [-0.05, 0) is 83.8 Å². The zero-order valence-corrected chi connectivity index (χ0v) is 21.3. The van der Waals surface area contributed by atoms with Crippen molar-refractivity contribution < 1.29 is 18.0 Å². The first-order valence-corrected chi connectivity index (χ1v) is 12.9. The minimum atomic E-state index is -4.59. The van der Waals surface area contributed by atoms with E-state index in [1.54, 1.807) is 35.2 Å². The quantitative estimate of drug-likeness (QED) is 0.355. The Morgan fingerprint density at radius 2 is 1.93 bits per heavy atom. The fraction of sp³-hybridized carbons (Fsp3) is 0.276. The number of carbonyl (C=O) groups is 1. The summed E-state index contributed by atoms with van der Waals surface area (Å²) < 4.78 is 43.1. The Kier molecular flexibility index (Phi) is 5.10. The number of nitrogens with zero attached hydrogens (tertiary/aromatic N) is 6. The highest BCUT2D eigenvalue weighted by Crippen LogP contribution is 2.66.